The number of furan rings is 1. The fourth-order valence-electron chi connectivity index (χ4n) is 3.59. The van der Waals surface area contributed by atoms with Crippen LogP contribution in [0.2, 0.25) is 0 Å². The van der Waals surface area contributed by atoms with Gasteiger partial charge in [0.05, 0.1) is 6.61 Å². The monoisotopic (exact) mass is 364 g/mol. The van der Waals surface area contributed by atoms with Crippen LogP contribution in [-0.4, -0.2) is 25.6 Å². The molecule has 2 heterocycles. The number of aryl methyl sites for hydroxylation is 1. The van der Waals surface area contributed by atoms with Gasteiger partial charge in [-0.25, -0.2) is 0 Å². The Hall–Kier alpha value is -2.95. The standard InChI is InChI=1S/C22H24N2O3/c1-3-26-18-10-11-20-19(14-18)15(2)21(27-20)22(25)23-16-6-8-17(9-7-16)24-12-4-5-13-24/h6-11,14H,3-5,12-13H2,1-2H3,(H,23,25). The number of nitrogens with zero attached hydrogens (tertiary/aromatic N) is 1. The molecule has 1 saturated heterocycles. The number of rotatable bonds is 5. The molecule has 4 rings (SSSR count). The molecule has 2 aromatic carbocycles. The van der Waals surface area contributed by atoms with Gasteiger partial charge in [-0.3, -0.25) is 4.79 Å². The number of hydrogen-bond acceptors (Lipinski definition) is 4. The Bertz CT molecular complexity index is 954. The second kappa shape index (κ2) is 7.35. The fraction of sp³-hybridized carbons (Fsp3) is 0.318. The Morgan fingerprint density at radius 1 is 1.15 bits per heavy atom. The normalized spacial score (nSPS) is 13.9. The van der Waals surface area contributed by atoms with Gasteiger partial charge >= 0.3 is 0 Å². The van der Waals surface area contributed by atoms with E-state index in [1.807, 2.05) is 44.2 Å². The van der Waals surface area contributed by atoms with E-state index in [0.29, 0.717) is 18.0 Å². The molecule has 1 aliphatic rings. The molecule has 1 N–H and O–H groups in total. The zero-order valence-corrected chi connectivity index (χ0v) is 15.7. The van der Waals surface area contributed by atoms with E-state index in [2.05, 4.69) is 22.3 Å². The average molecular weight is 364 g/mol. The number of carbonyl (C=O) groups is 1. The first-order chi connectivity index (χ1) is 13.2. The molecule has 0 aliphatic carbocycles. The number of anilines is 2. The lowest BCUT2D eigenvalue weighted by Crippen LogP contribution is -2.17. The number of fused-ring (bicyclic) bond motifs is 1. The van der Waals surface area contributed by atoms with Gasteiger partial charge in [-0.05, 0) is 69.2 Å². The van der Waals surface area contributed by atoms with Crippen LogP contribution in [0.4, 0.5) is 11.4 Å². The summed E-state index contributed by atoms with van der Waals surface area (Å²) >= 11 is 0. The highest BCUT2D eigenvalue weighted by atomic mass is 16.5. The minimum Gasteiger partial charge on any atom is -0.494 e. The van der Waals surface area contributed by atoms with Crippen LogP contribution in [0.15, 0.2) is 46.9 Å². The Balaban J connectivity index is 1.53. The van der Waals surface area contributed by atoms with Gasteiger partial charge in [0, 0.05) is 35.4 Å². The van der Waals surface area contributed by atoms with E-state index in [9.17, 15) is 4.79 Å². The summed E-state index contributed by atoms with van der Waals surface area (Å²) in [5, 5.41) is 3.83. The van der Waals surface area contributed by atoms with E-state index >= 15 is 0 Å². The summed E-state index contributed by atoms with van der Waals surface area (Å²) in [7, 11) is 0. The van der Waals surface area contributed by atoms with Crippen molar-refractivity contribution in [1.29, 1.82) is 0 Å². The Labute approximate surface area is 158 Å². The van der Waals surface area contributed by atoms with Gasteiger partial charge in [0.2, 0.25) is 0 Å². The molecule has 1 fully saturated rings. The molecule has 0 radical (unpaired) electrons. The summed E-state index contributed by atoms with van der Waals surface area (Å²) in [5.41, 5.74) is 3.47. The Kier molecular flexibility index (Phi) is 4.75. The van der Waals surface area contributed by atoms with Crippen LogP contribution in [0, 0.1) is 6.92 Å². The fourth-order valence-corrected chi connectivity index (χ4v) is 3.59. The minimum atomic E-state index is -0.240. The Morgan fingerprint density at radius 2 is 1.89 bits per heavy atom. The number of ether oxygens (including phenoxy) is 1. The highest BCUT2D eigenvalue weighted by Crippen LogP contribution is 2.30. The van der Waals surface area contributed by atoms with E-state index in [-0.39, 0.29) is 5.91 Å². The van der Waals surface area contributed by atoms with Gasteiger partial charge in [0.15, 0.2) is 5.76 Å². The predicted octanol–water partition coefficient (Wildman–Crippen LogP) is 4.99. The molecule has 1 amide bonds. The van der Waals surface area contributed by atoms with Gasteiger partial charge in [0.25, 0.3) is 5.91 Å². The number of benzene rings is 2. The molecule has 3 aromatic rings. The van der Waals surface area contributed by atoms with Gasteiger partial charge in [0.1, 0.15) is 11.3 Å². The largest absolute Gasteiger partial charge is 0.494 e. The molecule has 5 nitrogen and oxygen atoms in total. The van der Waals surface area contributed by atoms with Crippen molar-refractivity contribution < 1.29 is 13.9 Å². The van der Waals surface area contributed by atoms with Crippen LogP contribution in [0.3, 0.4) is 0 Å². The van der Waals surface area contributed by atoms with Crippen molar-refractivity contribution in [1.82, 2.24) is 0 Å². The van der Waals surface area contributed by atoms with E-state index in [1.54, 1.807) is 0 Å². The van der Waals surface area contributed by atoms with Crippen LogP contribution >= 0.6 is 0 Å². The molecule has 140 valence electrons. The second-order valence-corrected chi connectivity index (χ2v) is 6.84. The molecule has 0 spiro atoms. The summed E-state index contributed by atoms with van der Waals surface area (Å²) in [6.45, 7) is 6.65. The number of carbonyl (C=O) groups excluding carboxylic acids is 1. The SMILES string of the molecule is CCOc1ccc2oc(C(=O)Nc3ccc(N4CCCC4)cc3)c(C)c2c1. The van der Waals surface area contributed by atoms with Crippen LogP contribution in [0.25, 0.3) is 11.0 Å². The van der Waals surface area contributed by atoms with Crippen molar-refractivity contribution in [2.75, 3.05) is 29.9 Å². The minimum absolute atomic E-state index is 0.240. The lowest BCUT2D eigenvalue weighted by atomic mass is 10.1. The quantitative estimate of drug-likeness (QED) is 0.693. The first-order valence-corrected chi connectivity index (χ1v) is 9.48. The summed E-state index contributed by atoms with van der Waals surface area (Å²) in [4.78, 5) is 15.1. The number of nitrogens with one attached hydrogen (secondary N) is 1. The summed E-state index contributed by atoms with van der Waals surface area (Å²) in [6.07, 6.45) is 2.49. The van der Waals surface area contributed by atoms with Crippen LogP contribution in [-0.2, 0) is 0 Å². The third kappa shape index (κ3) is 3.50. The molecular formula is C22H24N2O3. The van der Waals surface area contributed by atoms with Crippen LogP contribution in [0.1, 0.15) is 35.9 Å². The molecule has 0 saturated carbocycles. The van der Waals surface area contributed by atoms with Crippen molar-refractivity contribution in [2.45, 2.75) is 26.7 Å². The zero-order valence-electron chi connectivity index (χ0n) is 15.7. The maximum absolute atomic E-state index is 12.7. The smallest absolute Gasteiger partial charge is 0.291 e. The van der Waals surface area contributed by atoms with E-state index in [4.69, 9.17) is 9.15 Å². The average Bonchev–Trinajstić information content (AvgIpc) is 3.32. The summed E-state index contributed by atoms with van der Waals surface area (Å²) in [6, 6.07) is 13.6. The molecular weight excluding hydrogens is 340 g/mol. The van der Waals surface area contributed by atoms with Crippen LogP contribution < -0.4 is 15.0 Å². The topological polar surface area (TPSA) is 54.7 Å². The van der Waals surface area contributed by atoms with E-state index < -0.39 is 0 Å². The first kappa shape index (κ1) is 17.5. The highest BCUT2D eigenvalue weighted by Gasteiger charge is 2.19. The van der Waals surface area contributed by atoms with Crippen molar-refractivity contribution in [2.24, 2.45) is 0 Å². The molecule has 1 aliphatic heterocycles. The van der Waals surface area contributed by atoms with Gasteiger partial charge in [-0.1, -0.05) is 0 Å². The summed E-state index contributed by atoms with van der Waals surface area (Å²) < 4.78 is 11.3. The third-order valence-electron chi connectivity index (χ3n) is 5.02. The predicted molar refractivity (Wildman–Crippen MR) is 108 cm³/mol. The van der Waals surface area contributed by atoms with Crippen molar-refractivity contribution in [3.05, 3.63) is 53.8 Å². The van der Waals surface area contributed by atoms with Gasteiger partial charge in [-0.15, -0.1) is 0 Å². The first-order valence-electron chi connectivity index (χ1n) is 9.48. The maximum atomic E-state index is 12.7. The van der Waals surface area contributed by atoms with E-state index in [0.717, 1.165) is 35.5 Å². The van der Waals surface area contributed by atoms with Gasteiger partial charge < -0.3 is 19.4 Å². The maximum Gasteiger partial charge on any atom is 0.291 e. The molecule has 0 bridgehead atoms. The van der Waals surface area contributed by atoms with Crippen LogP contribution in [0.5, 0.6) is 5.75 Å². The van der Waals surface area contributed by atoms with Crippen molar-refractivity contribution in [3.63, 3.8) is 0 Å². The molecule has 1 aromatic heterocycles. The molecule has 5 heteroatoms. The summed E-state index contributed by atoms with van der Waals surface area (Å²) in [5.74, 6) is 0.871. The third-order valence-corrected chi connectivity index (χ3v) is 5.02. The molecule has 0 unspecified atom stereocenters. The number of hydrogen-bond donors (Lipinski definition) is 1. The zero-order chi connectivity index (χ0) is 18.8. The molecule has 27 heavy (non-hydrogen) atoms. The lowest BCUT2D eigenvalue weighted by Gasteiger charge is -2.17. The van der Waals surface area contributed by atoms with Gasteiger partial charge in [-0.2, -0.15) is 0 Å². The Morgan fingerprint density at radius 3 is 2.59 bits per heavy atom. The molecule has 0 atom stereocenters. The highest BCUT2D eigenvalue weighted by molar-refractivity contribution is 6.06. The van der Waals surface area contributed by atoms with E-state index in [1.165, 1.54) is 18.5 Å². The number of amides is 1. The lowest BCUT2D eigenvalue weighted by molar-refractivity contribution is 0.0998. The van der Waals surface area contributed by atoms with Crippen molar-refractivity contribution in [3.8, 4) is 5.75 Å². The second-order valence-electron chi connectivity index (χ2n) is 6.84. The van der Waals surface area contributed by atoms with Crippen molar-refractivity contribution >= 4 is 28.3 Å².